The van der Waals surface area contributed by atoms with E-state index in [1.165, 1.54) is 6.08 Å². The Bertz CT molecular complexity index is 453. The van der Waals surface area contributed by atoms with E-state index in [1.807, 2.05) is 0 Å². The molecule has 1 heterocycles. The fraction of sp³-hybridized carbons (Fsp3) is 0.300. The number of ether oxygens (including phenoxy) is 1. The van der Waals surface area contributed by atoms with Crippen molar-refractivity contribution in [2.45, 2.75) is 13.0 Å². The van der Waals surface area contributed by atoms with Crippen LogP contribution >= 0.6 is 0 Å². The maximum atomic E-state index is 13.6. The molecule has 1 aromatic rings. The normalized spacial score (nSPS) is 12.9. The lowest BCUT2D eigenvalue weighted by Gasteiger charge is -2.05. The molecule has 0 saturated carbocycles. The molecule has 1 aliphatic heterocycles. The average molecular weight is 211 g/mol. The highest BCUT2D eigenvalue weighted by Gasteiger charge is 2.22. The van der Waals surface area contributed by atoms with E-state index in [0.717, 1.165) is 6.07 Å². The molecule has 0 atom stereocenters. The van der Waals surface area contributed by atoms with Gasteiger partial charge in [-0.2, -0.15) is 0 Å². The molecule has 0 amide bonds. The number of isocyanates is 1. The predicted molar refractivity (Wildman–Crippen MR) is 47.4 cm³/mol. The number of benzene rings is 1. The number of nitrogens with zero attached hydrogens (tertiary/aromatic N) is 1. The molecule has 0 spiro atoms. The van der Waals surface area contributed by atoms with Crippen molar-refractivity contribution in [2.24, 2.45) is 4.99 Å². The zero-order valence-electron chi connectivity index (χ0n) is 7.72. The third-order valence-electron chi connectivity index (χ3n) is 2.28. The minimum absolute atomic E-state index is 0.206. The van der Waals surface area contributed by atoms with Crippen LogP contribution in [-0.4, -0.2) is 12.7 Å². The topological polar surface area (TPSA) is 38.7 Å². The van der Waals surface area contributed by atoms with Gasteiger partial charge in [-0.3, -0.25) is 0 Å². The van der Waals surface area contributed by atoms with Crippen LogP contribution in [-0.2, 0) is 17.8 Å². The van der Waals surface area contributed by atoms with Crippen molar-refractivity contribution in [1.82, 2.24) is 0 Å². The molecule has 0 fully saturated rings. The fourth-order valence-electron chi connectivity index (χ4n) is 1.57. The highest BCUT2D eigenvalue weighted by molar-refractivity contribution is 5.43. The molecule has 0 radical (unpaired) electrons. The molecule has 2 rings (SSSR count). The SMILES string of the molecule is O=C=NCc1c(F)cc2c(c1F)CCO2. The number of aliphatic imine (C=N–C) groups is 1. The van der Waals surface area contributed by atoms with Gasteiger partial charge >= 0.3 is 0 Å². The van der Waals surface area contributed by atoms with Gasteiger partial charge in [0, 0.05) is 23.6 Å². The number of rotatable bonds is 2. The summed E-state index contributed by atoms with van der Waals surface area (Å²) in [5.74, 6) is -1.17. The Hall–Kier alpha value is -1.74. The van der Waals surface area contributed by atoms with Gasteiger partial charge in [0.15, 0.2) is 0 Å². The highest BCUT2D eigenvalue weighted by Crippen LogP contribution is 2.31. The van der Waals surface area contributed by atoms with Gasteiger partial charge in [0.1, 0.15) is 17.4 Å². The van der Waals surface area contributed by atoms with Gasteiger partial charge < -0.3 is 4.74 Å². The van der Waals surface area contributed by atoms with E-state index < -0.39 is 11.6 Å². The van der Waals surface area contributed by atoms with E-state index in [2.05, 4.69) is 4.99 Å². The summed E-state index contributed by atoms with van der Waals surface area (Å²) in [6.07, 6.45) is 1.66. The second-order valence-electron chi connectivity index (χ2n) is 3.13. The smallest absolute Gasteiger partial charge is 0.235 e. The molecule has 0 N–H and O–H groups in total. The van der Waals surface area contributed by atoms with Gasteiger partial charge in [-0.1, -0.05) is 0 Å². The quantitative estimate of drug-likeness (QED) is 0.552. The predicted octanol–water partition coefficient (Wildman–Crippen LogP) is 1.74. The highest BCUT2D eigenvalue weighted by atomic mass is 19.1. The third kappa shape index (κ3) is 1.62. The number of carbonyl (C=O) groups excluding carboxylic acids is 1. The molecule has 0 saturated heterocycles. The standard InChI is InChI=1S/C10H7F2NO2/c11-8-3-9-6(1-2-15-9)10(12)7(8)4-13-5-14/h3H,1-2,4H2. The molecule has 0 aliphatic carbocycles. The molecule has 3 nitrogen and oxygen atoms in total. The monoisotopic (exact) mass is 211 g/mol. The first kappa shape index (κ1) is 9.80. The van der Waals surface area contributed by atoms with E-state index in [0.29, 0.717) is 18.6 Å². The minimum atomic E-state index is -0.743. The average Bonchev–Trinajstić information content (AvgIpc) is 2.65. The summed E-state index contributed by atoms with van der Waals surface area (Å²) in [7, 11) is 0. The lowest BCUT2D eigenvalue weighted by molar-refractivity contribution is 0.355. The Labute approximate surface area is 84.4 Å². The van der Waals surface area contributed by atoms with Crippen LogP contribution in [0.2, 0.25) is 0 Å². The van der Waals surface area contributed by atoms with E-state index >= 15 is 0 Å². The van der Waals surface area contributed by atoms with Crippen molar-refractivity contribution in [2.75, 3.05) is 6.61 Å². The van der Waals surface area contributed by atoms with Crippen molar-refractivity contribution < 1.29 is 18.3 Å². The summed E-state index contributed by atoms with van der Waals surface area (Å²) in [4.78, 5) is 13.0. The Balaban J connectivity index is 2.50. The molecule has 78 valence electrons. The molecule has 5 heteroatoms. The molecule has 0 aromatic heterocycles. The maximum Gasteiger partial charge on any atom is 0.235 e. The molecular formula is C10H7F2NO2. The van der Waals surface area contributed by atoms with Crippen molar-refractivity contribution >= 4 is 6.08 Å². The van der Waals surface area contributed by atoms with Crippen LogP contribution in [0.25, 0.3) is 0 Å². The van der Waals surface area contributed by atoms with E-state index in [-0.39, 0.29) is 17.9 Å². The minimum Gasteiger partial charge on any atom is -0.493 e. The molecule has 1 aromatic carbocycles. The fourth-order valence-corrected chi connectivity index (χ4v) is 1.57. The van der Waals surface area contributed by atoms with Crippen molar-refractivity contribution in [3.63, 3.8) is 0 Å². The maximum absolute atomic E-state index is 13.6. The molecule has 0 unspecified atom stereocenters. The van der Waals surface area contributed by atoms with Crippen LogP contribution in [0.5, 0.6) is 5.75 Å². The van der Waals surface area contributed by atoms with Crippen LogP contribution in [0.3, 0.4) is 0 Å². The summed E-state index contributed by atoms with van der Waals surface area (Å²) in [5, 5.41) is 0. The van der Waals surface area contributed by atoms with Crippen LogP contribution in [0.15, 0.2) is 11.1 Å². The van der Waals surface area contributed by atoms with Crippen molar-refractivity contribution in [3.8, 4) is 5.75 Å². The number of hydrogen-bond donors (Lipinski definition) is 0. The Morgan fingerprint density at radius 1 is 1.53 bits per heavy atom. The second-order valence-corrected chi connectivity index (χ2v) is 3.13. The molecular weight excluding hydrogens is 204 g/mol. The first-order chi connectivity index (χ1) is 7.24. The van der Waals surface area contributed by atoms with E-state index in [4.69, 9.17) is 4.74 Å². The van der Waals surface area contributed by atoms with Crippen molar-refractivity contribution in [1.29, 1.82) is 0 Å². The molecule has 15 heavy (non-hydrogen) atoms. The lowest BCUT2D eigenvalue weighted by atomic mass is 10.1. The summed E-state index contributed by atoms with van der Waals surface area (Å²) in [6.45, 7) is 0.0283. The largest absolute Gasteiger partial charge is 0.493 e. The Kier molecular flexibility index (Phi) is 2.47. The Morgan fingerprint density at radius 3 is 3.07 bits per heavy atom. The first-order valence-electron chi connectivity index (χ1n) is 4.40. The van der Waals surface area contributed by atoms with Gasteiger partial charge in [-0.25, -0.2) is 18.6 Å². The summed E-state index contributed by atoms with van der Waals surface area (Å²) >= 11 is 0. The summed E-state index contributed by atoms with van der Waals surface area (Å²) in [5.41, 5.74) is 0.148. The third-order valence-corrected chi connectivity index (χ3v) is 2.28. The summed E-state index contributed by atoms with van der Waals surface area (Å²) < 4.78 is 32.0. The van der Waals surface area contributed by atoms with Crippen LogP contribution in [0.1, 0.15) is 11.1 Å². The van der Waals surface area contributed by atoms with Gasteiger partial charge in [0.2, 0.25) is 6.08 Å². The molecule has 0 bridgehead atoms. The second kappa shape index (κ2) is 3.79. The van der Waals surface area contributed by atoms with E-state index in [9.17, 15) is 13.6 Å². The van der Waals surface area contributed by atoms with Gasteiger partial charge in [-0.05, 0) is 0 Å². The van der Waals surface area contributed by atoms with Crippen LogP contribution < -0.4 is 4.74 Å². The number of hydrogen-bond acceptors (Lipinski definition) is 3. The van der Waals surface area contributed by atoms with Gasteiger partial charge in [0.25, 0.3) is 0 Å². The van der Waals surface area contributed by atoms with Gasteiger partial charge in [0.05, 0.1) is 13.2 Å². The zero-order valence-corrected chi connectivity index (χ0v) is 7.72. The van der Waals surface area contributed by atoms with Crippen LogP contribution in [0, 0.1) is 11.6 Å². The Morgan fingerprint density at radius 2 is 2.33 bits per heavy atom. The summed E-state index contributed by atoms with van der Waals surface area (Å²) in [6, 6.07) is 1.13. The lowest BCUT2D eigenvalue weighted by Crippen LogP contribution is -1.98. The zero-order chi connectivity index (χ0) is 10.8. The van der Waals surface area contributed by atoms with E-state index in [1.54, 1.807) is 0 Å². The van der Waals surface area contributed by atoms with Gasteiger partial charge in [-0.15, -0.1) is 0 Å². The number of fused-ring (bicyclic) bond motifs is 1. The van der Waals surface area contributed by atoms with Crippen LogP contribution in [0.4, 0.5) is 8.78 Å². The number of halogens is 2. The molecule has 1 aliphatic rings. The first-order valence-corrected chi connectivity index (χ1v) is 4.40. The van der Waals surface area contributed by atoms with Crippen molar-refractivity contribution in [3.05, 3.63) is 28.8 Å².